The van der Waals surface area contributed by atoms with Crippen LogP contribution in [0.2, 0.25) is 5.02 Å². The highest BCUT2D eigenvalue weighted by Gasteiger charge is 2.29. The molecule has 0 saturated heterocycles. The molecule has 1 aliphatic carbocycles. The van der Waals surface area contributed by atoms with E-state index < -0.39 is 10.0 Å². The minimum Gasteiger partial charge on any atom is -0.352 e. The highest BCUT2D eigenvalue weighted by Crippen LogP contribution is 2.29. The van der Waals surface area contributed by atoms with E-state index in [0.717, 1.165) is 41.1 Å². The van der Waals surface area contributed by atoms with Crippen molar-refractivity contribution in [1.82, 2.24) is 5.32 Å². The Labute approximate surface area is 178 Å². The number of benzene rings is 2. The average Bonchev–Trinajstić information content (AvgIpc) is 2.69. The topological polar surface area (TPSA) is 66.5 Å². The third kappa shape index (κ3) is 5.31. The van der Waals surface area contributed by atoms with Crippen LogP contribution in [-0.4, -0.2) is 26.9 Å². The van der Waals surface area contributed by atoms with Crippen molar-refractivity contribution in [2.24, 2.45) is 0 Å². The Hall–Kier alpha value is -2.05. The molecule has 0 bridgehead atoms. The van der Waals surface area contributed by atoms with Gasteiger partial charge in [-0.15, -0.1) is 0 Å². The Morgan fingerprint density at radius 2 is 1.72 bits per heavy atom. The van der Waals surface area contributed by atoms with E-state index >= 15 is 0 Å². The smallest absolute Gasteiger partial charge is 0.264 e. The Bertz CT molecular complexity index is 968. The predicted molar refractivity (Wildman–Crippen MR) is 117 cm³/mol. The van der Waals surface area contributed by atoms with Gasteiger partial charge >= 0.3 is 0 Å². The van der Waals surface area contributed by atoms with Gasteiger partial charge in [-0.1, -0.05) is 54.6 Å². The van der Waals surface area contributed by atoms with Crippen molar-refractivity contribution in [2.75, 3.05) is 10.8 Å². The van der Waals surface area contributed by atoms with Crippen molar-refractivity contribution in [3.63, 3.8) is 0 Å². The van der Waals surface area contributed by atoms with Crippen molar-refractivity contribution in [2.45, 2.75) is 56.9 Å². The fourth-order valence-electron chi connectivity index (χ4n) is 3.64. The summed E-state index contributed by atoms with van der Waals surface area (Å²) in [5, 5.41) is 3.43. The summed E-state index contributed by atoms with van der Waals surface area (Å²) >= 11 is 6.15. The maximum atomic E-state index is 13.4. The Morgan fingerprint density at radius 3 is 2.38 bits per heavy atom. The maximum absolute atomic E-state index is 13.4. The molecule has 156 valence electrons. The van der Waals surface area contributed by atoms with Crippen LogP contribution in [0.5, 0.6) is 0 Å². The van der Waals surface area contributed by atoms with E-state index in [1.165, 1.54) is 6.42 Å². The van der Waals surface area contributed by atoms with Gasteiger partial charge in [0.25, 0.3) is 10.0 Å². The number of hydrogen-bond donors (Lipinski definition) is 1. The molecule has 7 heteroatoms. The minimum absolute atomic E-state index is 0.112. The summed E-state index contributed by atoms with van der Waals surface area (Å²) in [6.07, 6.45) is 5.23. The molecule has 1 fully saturated rings. The van der Waals surface area contributed by atoms with E-state index in [2.05, 4.69) is 5.32 Å². The number of aryl methyl sites for hydroxylation is 2. The molecule has 0 aliphatic heterocycles. The standard InChI is InChI=1S/C22H27ClN2O3S/c1-16-8-12-20(13-9-16)29(27,28)25(21-14-18(23)11-10-17(21)2)15-22(26)24-19-6-4-3-5-7-19/h8-14,19H,3-7,15H2,1-2H3,(H,24,26). The van der Waals surface area contributed by atoms with Crippen LogP contribution in [0, 0.1) is 13.8 Å². The lowest BCUT2D eigenvalue weighted by Crippen LogP contribution is -2.45. The average molecular weight is 435 g/mol. The van der Waals surface area contributed by atoms with Crippen LogP contribution >= 0.6 is 11.6 Å². The van der Waals surface area contributed by atoms with Crippen molar-refractivity contribution >= 4 is 33.2 Å². The van der Waals surface area contributed by atoms with Crippen molar-refractivity contribution in [3.05, 3.63) is 58.6 Å². The van der Waals surface area contributed by atoms with Crippen LogP contribution in [0.25, 0.3) is 0 Å². The second kappa shape index (κ2) is 9.18. The lowest BCUT2D eigenvalue weighted by atomic mass is 9.95. The number of halogens is 1. The third-order valence-corrected chi connectivity index (χ3v) is 7.32. The van der Waals surface area contributed by atoms with Crippen molar-refractivity contribution in [1.29, 1.82) is 0 Å². The lowest BCUT2D eigenvalue weighted by molar-refractivity contribution is -0.120. The molecule has 3 rings (SSSR count). The largest absolute Gasteiger partial charge is 0.352 e. The number of nitrogens with zero attached hydrogens (tertiary/aromatic N) is 1. The number of nitrogens with one attached hydrogen (secondary N) is 1. The molecular weight excluding hydrogens is 408 g/mol. The SMILES string of the molecule is Cc1ccc(S(=O)(=O)N(CC(=O)NC2CCCCC2)c2cc(Cl)ccc2C)cc1. The molecule has 2 aromatic rings. The fraction of sp³-hybridized carbons (Fsp3) is 0.409. The van der Waals surface area contributed by atoms with Crippen molar-refractivity contribution in [3.8, 4) is 0 Å². The van der Waals surface area contributed by atoms with Gasteiger partial charge in [0.05, 0.1) is 10.6 Å². The summed E-state index contributed by atoms with van der Waals surface area (Å²) < 4.78 is 28.0. The molecule has 0 unspecified atom stereocenters. The lowest BCUT2D eigenvalue weighted by Gasteiger charge is -2.28. The monoisotopic (exact) mass is 434 g/mol. The molecule has 29 heavy (non-hydrogen) atoms. The molecular formula is C22H27ClN2O3S. The Balaban J connectivity index is 1.94. The highest BCUT2D eigenvalue weighted by molar-refractivity contribution is 7.92. The molecule has 1 saturated carbocycles. The summed E-state index contributed by atoms with van der Waals surface area (Å²) in [7, 11) is -3.93. The maximum Gasteiger partial charge on any atom is 0.264 e. The van der Waals surface area contributed by atoms with Gasteiger partial charge < -0.3 is 5.32 Å². The van der Waals surface area contributed by atoms with E-state index in [1.54, 1.807) is 42.5 Å². The van der Waals surface area contributed by atoms with Crippen LogP contribution in [0.1, 0.15) is 43.2 Å². The highest BCUT2D eigenvalue weighted by atomic mass is 35.5. The number of hydrogen-bond acceptors (Lipinski definition) is 3. The summed E-state index contributed by atoms with van der Waals surface area (Å²) in [4.78, 5) is 12.9. The molecule has 0 atom stereocenters. The first-order chi connectivity index (χ1) is 13.8. The quantitative estimate of drug-likeness (QED) is 0.722. The first kappa shape index (κ1) is 21.7. The summed E-state index contributed by atoms with van der Waals surface area (Å²) in [5.41, 5.74) is 2.11. The molecule has 0 spiro atoms. The van der Waals surface area contributed by atoms with E-state index in [0.29, 0.717) is 10.7 Å². The number of carbonyl (C=O) groups is 1. The normalized spacial score (nSPS) is 15.1. The van der Waals surface area contributed by atoms with Crippen LogP contribution in [0.15, 0.2) is 47.4 Å². The second-order valence-electron chi connectivity index (χ2n) is 7.66. The fourth-order valence-corrected chi connectivity index (χ4v) is 5.28. The first-order valence-corrected chi connectivity index (χ1v) is 11.7. The first-order valence-electron chi connectivity index (χ1n) is 9.92. The van der Waals surface area contributed by atoms with Crippen LogP contribution in [0.3, 0.4) is 0 Å². The molecule has 1 N–H and O–H groups in total. The molecule has 1 amide bonds. The zero-order chi connectivity index (χ0) is 21.0. The van der Waals surface area contributed by atoms with E-state index in [1.807, 2.05) is 13.8 Å². The van der Waals surface area contributed by atoms with Gasteiger partial charge in [0.15, 0.2) is 0 Å². The molecule has 0 radical (unpaired) electrons. The van der Waals surface area contributed by atoms with Gasteiger partial charge in [0.2, 0.25) is 5.91 Å². The number of amides is 1. The van der Waals surface area contributed by atoms with Gasteiger partial charge in [-0.2, -0.15) is 0 Å². The zero-order valence-electron chi connectivity index (χ0n) is 16.8. The number of rotatable bonds is 6. The van der Waals surface area contributed by atoms with Crippen LogP contribution in [-0.2, 0) is 14.8 Å². The number of sulfonamides is 1. The Morgan fingerprint density at radius 1 is 1.07 bits per heavy atom. The zero-order valence-corrected chi connectivity index (χ0v) is 18.4. The summed E-state index contributed by atoms with van der Waals surface area (Å²) in [5.74, 6) is -0.299. The molecule has 0 heterocycles. The molecule has 0 aromatic heterocycles. The number of anilines is 1. The van der Waals surface area contributed by atoms with Crippen LogP contribution < -0.4 is 9.62 Å². The second-order valence-corrected chi connectivity index (χ2v) is 9.96. The predicted octanol–water partition coefficient (Wildman–Crippen LogP) is 4.60. The van der Waals surface area contributed by atoms with Crippen LogP contribution in [0.4, 0.5) is 5.69 Å². The van der Waals surface area contributed by atoms with E-state index in [4.69, 9.17) is 11.6 Å². The molecule has 5 nitrogen and oxygen atoms in total. The number of carbonyl (C=O) groups excluding carboxylic acids is 1. The van der Waals surface area contributed by atoms with Gasteiger partial charge in [-0.05, 0) is 56.5 Å². The summed E-state index contributed by atoms with van der Waals surface area (Å²) in [6.45, 7) is 3.42. The Kier molecular flexibility index (Phi) is 6.85. The third-order valence-electron chi connectivity index (χ3n) is 5.31. The van der Waals surface area contributed by atoms with Gasteiger partial charge in [0.1, 0.15) is 6.54 Å². The van der Waals surface area contributed by atoms with Gasteiger partial charge in [0, 0.05) is 11.1 Å². The van der Waals surface area contributed by atoms with E-state index in [-0.39, 0.29) is 23.4 Å². The van der Waals surface area contributed by atoms with Gasteiger partial charge in [-0.3, -0.25) is 9.10 Å². The van der Waals surface area contributed by atoms with Crippen molar-refractivity contribution < 1.29 is 13.2 Å². The van der Waals surface area contributed by atoms with Gasteiger partial charge in [-0.25, -0.2) is 8.42 Å². The summed E-state index contributed by atoms with van der Waals surface area (Å²) in [6, 6.07) is 11.8. The molecule has 1 aliphatic rings. The molecule has 2 aromatic carbocycles. The minimum atomic E-state index is -3.93. The van der Waals surface area contributed by atoms with E-state index in [9.17, 15) is 13.2 Å².